The van der Waals surface area contributed by atoms with E-state index in [0.29, 0.717) is 17.3 Å². The number of hydrogen-bond donors (Lipinski definition) is 1. The second-order valence-corrected chi connectivity index (χ2v) is 8.29. The normalized spacial score (nSPS) is 14.2. The fraction of sp³-hybridized carbons (Fsp3) is 0.348. The summed E-state index contributed by atoms with van der Waals surface area (Å²) in [5.74, 6) is -5.02. The summed E-state index contributed by atoms with van der Waals surface area (Å²) >= 11 is 0. The lowest BCUT2D eigenvalue weighted by Crippen LogP contribution is -2.29. The molecule has 13 heteroatoms. The number of carbonyl (C=O) groups excluding carboxylic acids is 1. The molecule has 4 rings (SSSR count). The molecular weight excluding hydrogens is 494 g/mol. The third-order valence-corrected chi connectivity index (χ3v) is 5.62. The Balaban J connectivity index is 1.78. The SMILES string of the molecule is Cc1nn(-c2cc(O[C@@H](CF)C(F)F)c(C(=O)Nc3c(F)cccc3F)cc2F)c(=O)n1CC1CC1. The minimum atomic E-state index is -3.33. The topological polar surface area (TPSA) is 78.2 Å². The smallest absolute Gasteiger partial charge is 0.350 e. The lowest BCUT2D eigenvalue weighted by atomic mass is 10.1. The Bertz CT molecular complexity index is 1330. The van der Waals surface area contributed by atoms with Gasteiger partial charge in [0.25, 0.3) is 12.3 Å². The summed E-state index contributed by atoms with van der Waals surface area (Å²) in [5, 5.41) is 5.90. The van der Waals surface area contributed by atoms with E-state index in [1.165, 1.54) is 11.5 Å². The maximum absolute atomic E-state index is 15.1. The molecule has 1 aromatic heterocycles. The van der Waals surface area contributed by atoms with Crippen molar-refractivity contribution in [1.82, 2.24) is 14.3 Å². The summed E-state index contributed by atoms with van der Waals surface area (Å²) in [6.45, 7) is 0.221. The van der Waals surface area contributed by atoms with Crippen LogP contribution in [0.25, 0.3) is 5.69 Å². The summed E-state index contributed by atoms with van der Waals surface area (Å²) < 4.78 is 89.7. The van der Waals surface area contributed by atoms with Crippen molar-refractivity contribution >= 4 is 11.6 Å². The Morgan fingerprint density at radius 3 is 2.42 bits per heavy atom. The van der Waals surface area contributed by atoms with Crippen LogP contribution in [0.1, 0.15) is 29.0 Å². The summed E-state index contributed by atoms with van der Waals surface area (Å²) in [6.07, 6.45) is -3.82. The molecule has 0 aliphatic heterocycles. The Kier molecular flexibility index (Phi) is 7.09. The molecule has 1 saturated carbocycles. The van der Waals surface area contributed by atoms with Crippen LogP contribution in [-0.4, -0.2) is 39.5 Å². The van der Waals surface area contributed by atoms with E-state index in [4.69, 9.17) is 4.74 Å². The molecule has 1 fully saturated rings. The first-order valence-corrected chi connectivity index (χ1v) is 10.9. The van der Waals surface area contributed by atoms with Crippen molar-refractivity contribution in [1.29, 1.82) is 0 Å². The van der Waals surface area contributed by atoms with Gasteiger partial charge in [0, 0.05) is 12.6 Å². The van der Waals surface area contributed by atoms with Gasteiger partial charge < -0.3 is 10.1 Å². The average molecular weight is 514 g/mol. The van der Waals surface area contributed by atoms with Crippen molar-refractivity contribution in [3.8, 4) is 11.4 Å². The van der Waals surface area contributed by atoms with Crippen molar-refractivity contribution in [3.63, 3.8) is 0 Å². The number of anilines is 1. The van der Waals surface area contributed by atoms with E-state index < -0.39 is 70.9 Å². The Labute approximate surface area is 200 Å². The van der Waals surface area contributed by atoms with Crippen LogP contribution in [0.15, 0.2) is 35.1 Å². The van der Waals surface area contributed by atoms with Gasteiger partial charge in [-0.25, -0.2) is 31.1 Å². The van der Waals surface area contributed by atoms with Crippen molar-refractivity contribution in [3.05, 3.63) is 69.7 Å². The largest absolute Gasteiger partial charge is 0.481 e. The van der Waals surface area contributed by atoms with Gasteiger partial charge in [-0.15, -0.1) is 0 Å². The number of para-hydroxylation sites is 1. The molecule has 0 spiro atoms. The molecule has 1 amide bonds. The number of ether oxygens (including phenoxy) is 1. The van der Waals surface area contributed by atoms with Crippen LogP contribution in [0.5, 0.6) is 5.75 Å². The van der Waals surface area contributed by atoms with E-state index in [1.54, 1.807) is 0 Å². The molecule has 0 saturated heterocycles. The number of halogens is 6. The highest BCUT2D eigenvalue weighted by Crippen LogP contribution is 2.31. The highest BCUT2D eigenvalue weighted by molar-refractivity contribution is 6.06. The van der Waals surface area contributed by atoms with Crippen molar-refractivity contribution in [2.24, 2.45) is 5.92 Å². The molecule has 0 bridgehead atoms. The monoisotopic (exact) mass is 514 g/mol. The number of carbonyl (C=O) groups is 1. The van der Waals surface area contributed by atoms with Gasteiger partial charge >= 0.3 is 5.69 Å². The van der Waals surface area contributed by atoms with Gasteiger partial charge in [-0.3, -0.25) is 9.36 Å². The molecule has 3 aromatic rings. The standard InChI is InChI=1S/C23H20F6N4O3/c1-11-31-33(23(35)32(11)10-12-5-6-12)17-8-18(36-19(9-24)21(28)29)13(7-16(17)27)22(34)30-20-14(25)3-2-4-15(20)26/h2-4,7-8,12,19,21H,5-6,9-10H2,1H3,(H,30,34)/t19-/m0/s1. The quantitative estimate of drug-likeness (QED) is 0.430. The number of hydrogen-bond acceptors (Lipinski definition) is 4. The molecule has 1 atom stereocenters. The van der Waals surface area contributed by atoms with Crippen LogP contribution < -0.4 is 15.7 Å². The molecule has 1 aliphatic rings. The maximum Gasteiger partial charge on any atom is 0.350 e. The molecule has 7 nitrogen and oxygen atoms in total. The van der Waals surface area contributed by atoms with Crippen LogP contribution in [0.3, 0.4) is 0 Å². The van der Waals surface area contributed by atoms with Crippen LogP contribution in [0.4, 0.5) is 32.0 Å². The van der Waals surface area contributed by atoms with Crippen LogP contribution >= 0.6 is 0 Å². The zero-order valence-corrected chi connectivity index (χ0v) is 18.8. The first kappa shape index (κ1) is 25.3. The van der Waals surface area contributed by atoms with Crippen molar-refractivity contribution < 1.29 is 35.9 Å². The molecular formula is C23H20F6N4O3. The number of nitrogens with zero attached hydrogens (tertiary/aromatic N) is 3. The second-order valence-electron chi connectivity index (χ2n) is 8.29. The fourth-order valence-electron chi connectivity index (χ4n) is 3.51. The first-order valence-electron chi connectivity index (χ1n) is 10.9. The summed E-state index contributed by atoms with van der Waals surface area (Å²) in [7, 11) is 0. The van der Waals surface area contributed by atoms with Gasteiger partial charge in [0.05, 0.1) is 5.56 Å². The van der Waals surface area contributed by atoms with Gasteiger partial charge in [-0.05, 0) is 43.9 Å². The van der Waals surface area contributed by atoms with Crippen LogP contribution in [0.2, 0.25) is 0 Å². The predicted octanol–water partition coefficient (Wildman–Crippen LogP) is 4.40. The van der Waals surface area contributed by atoms with Crippen molar-refractivity contribution in [2.45, 2.75) is 38.8 Å². The van der Waals surface area contributed by atoms with E-state index in [1.807, 2.05) is 5.32 Å². The fourth-order valence-corrected chi connectivity index (χ4v) is 3.51. The number of amides is 1. The van der Waals surface area contributed by atoms with E-state index >= 15 is 4.39 Å². The molecule has 1 aliphatic carbocycles. The van der Waals surface area contributed by atoms with Crippen LogP contribution in [0, 0.1) is 30.3 Å². The van der Waals surface area contributed by atoms with Gasteiger partial charge in [-0.2, -0.15) is 9.78 Å². The van der Waals surface area contributed by atoms with E-state index in [9.17, 15) is 31.5 Å². The zero-order chi connectivity index (χ0) is 26.1. The molecule has 36 heavy (non-hydrogen) atoms. The van der Waals surface area contributed by atoms with E-state index in [2.05, 4.69) is 5.10 Å². The van der Waals surface area contributed by atoms with E-state index in [-0.39, 0.29) is 11.7 Å². The number of rotatable bonds is 9. The molecule has 0 radical (unpaired) electrons. The summed E-state index contributed by atoms with van der Waals surface area (Å²) in [6, 6.07) is 4.01. The molecule has 2 aromatic carbocycles. The first-order chi connectivity index (χ1) is 17.1. The number of aromatic nitrogens is 3. The van der Waals surface area contributed by atoms with Crippen LogP contribution in [-0.2, 0) is 6.54 Å². The highest BCUT2D eigenvalue weighted by Gasteiger charge is 2.29. The molecule has 0 unspecified atom stereocenters. The Morgan fingerprint density at radius 2 is 1.83 bits per heavy atom. The van der Waals surface area contributed by atoms with Crippen molar-refractivity contribution in [2.75, 3.05) is 12.0 Å². The minimum Gasteiger partial charge on any atom is -0.481 e. The number of aryl methyl sites for hydroxylation is 1. The Hall–Kier alpha value is -3.77. The van der Waals surface area contributed by atoms with Gasteiger partial charge in [0.1, 0.15) is 47.1 Å². The third kappa shape index (κ3) is 5.09. The summed E-state index contributed by atoms with van der Waals surface area (Å²) in [4.78, 5) is 25.6. The van der Waals surface area contributed by atoms with Gasteiger partial charge in [0.15, 0.2) is 6.10 Å². The highest BCUT2D eigenvalue weighted by atomic mass is 19.3. The third-order valence-electron chi connectivity index (χ3n) is 5.62. The second kappa shape index (κ2) is 10.1. The molecule has 1 N–H and O–H groups in total. The summed E-state index contributed by atoms with van der Waals surface area (Å²) in [5.41, 5.74) is -2.90. The molecule has 1 heterocycles. The lowest BCUT2D eigenvalue weighted by Gasteiger charge is -2.19. The zero-order valence-electron chi connectivity index (χ0n) is 18.8. The number of alkyl halides is 3. The lowest BCUT2D eigenvalue weighted by molar-refractivity contribution is -0.00158. The Morgan fingerprint density at radius 1 is 1.17 bits per heavy atom. The molecule has 192 valence electrons. The number of nitrogens with one attached hydrogen (secondary N) is 1. The number of benzene rings is 2. The van der Waals surface area contributed by atoms with Gasteiger partial charge in [0.2, 0.25) is 0 Å². The minimum absolute atomic E-state index is 0.264. The van der Waals surface area contributed by atoms with Gasteiger partial charge in [-0.1, -0.05) is 6.07 Å². The van der Waals surface area contributed by atoms with E-state index in [0.717, 1.165) is 37.1 Å². The average Bonchev–Trinajstić information content (AvgIpc) is 3.61. The predicted molar refractivity (Wildman–Crippen MR) is 116 cm³/mol. The maximum atomic E-state index is 15.1.